The molecule has 0 bridgehead atoms. The Morgan fingerprint density at radius 2 is 2.35 bits per heavy atom. The summed E-state index contributed by atoms with van der Waals surface area (Å²) in [5.74, 6) is 2.39. The molecule has 0 aromatic carbocycles. The summed E-state index contributed by atoms with van der Waals surface area (Å²) in [5.41, 5.74) is 0.0195. The summed E-state index contributed by atoms with van der Waals surface area (Å²) in [5, 5.41) is 7.34. The number of nitrogens with one attached hydrogen (secondary N) is 1. The van der Waals surface area contributed by atoms with Crippen molar-refractivity contribution >= 4 is 28.6 Å². The molecule has 1 N–H and O–H groups in total. The molecule has 6 heteroatoms. The van der Waals surface area contributed by atoms with Gasteiger partial charge in [0.25, 0.3) is 5.56 Å². The first-order chi connectivity index (χ1) is 9.52. The molecule has 2 rings (SSSR count). The van der Waals surface area contributed by atoms with E-state index in [0.717, 1.165) is 4.88 Å². The van der Waals surface area contributed by atoms with Crippen LogP contribution in [0.5, 0.6) is 0 Å². The van der Waals surface area contributed by atoms with Gasteiger partial charge in [-0.05, 0) is 26.0 Å². The van der Waals surface area contributed by atoms with E-state index >= 15 is 0 Å². The van der Waals surface area contributed by atoms with Crippen molar-refractivity contribution in [3.8, 4) is 12.3 Å². The molecule has 2 heterocycles. The second-order valence-corrected chi connectivity index (χ2v) is 6.08. The topological polar surface area (TPSA) is 46.9 Å². The third kappa shape index (κ3) is 3.03. The highest BCUT2D eigenvalue weighted by molar-refractivity contribution is 7.12. The Hall–Kier alpha value is -1.77. The zero-order chi connectivity index (χ0) is 14.7. The second-order valence-electron chi connectivity index (χ2n) is 4.35. The molecule has 1 atom stereocenters. The van der Waals surface area contributed by atoms with E-state index in [2.05, 4.69) is 16.3 Å². The maximum absolute atomic E-state index is 12.2. The molecule has 1 unspecified atom stereocenters. The summed E-state index contributed by atoms with van der Waals surface area (Å²) in [6, 6.07) is 4.07. The van der Waals surface area contributed by atoms with Crippen LogP contribution in [-0.2, 0) is 6.54 Å². The number of rotatable bonds is 4. The Labute approximate surface area is 126 Å². The average Bonchev–Trinajstić information content (AvgIpc) is 2.84. The van der Waals surface area contributed by atoms with Crippen molar-refractivity contribution < 1.29 is 0 Å². The molecular weight excluding hydrogens is 294 g/mol. The van der Waals surface area contributed by atoms with Gasteiger partial charge < -0.3 is 5.32 Å². The van der Waals surface area contributed by atoms with Crippen LogP contribution >= 0.6 is 22.9 Å². The number of anilines is 1. The molecular formula is C14H14ClN3OS. The molecule has 0 fully saturated rings. The number of halogens is 1. The van der Waals surface area contributed by atoms with Gasteiger partial charge >= 0.3 is 0 Å². The van der Waals surface area contributed by atoms with Crippen LogP contribution in [0.1, 0.15) is 22.7 Å². The van der Waals surface area contributed by atoms with Gasteiger partial charge in [0, 0.05) is 9.75 Å². The summed E-state index contributed by atoms with van der Waals surface area (Å²) in [6.07, 6.45) is 6.64. The fourth-order valence-electron chi connectivity index (χ4n) is 1.77. The van der Waals surface area contributed by atoms with E-state index < -0.39 is 0 Å². The lowest BCUT2D eigenvalue weighted by Gasteiger charge is -2.15. The molecule has 0 amide bonds. The largest absolute Gasteiger partial charge is 0.372 e. The third-order valence-electron chi connectivity index (χ3n) is 2.79. The predicted molar refractivity (Wildman–Crippen MR) is 83.4 cm³/mol. The van der Waals surface area contributed by atoms with Crippen molar-refractivity contribution in [1.29, 1.82) is 0 Å². The van der Waals surface area contributed by atoms with E-state index in [-0.39, 0.29) is 18.1 Å². The molecule has 0 aliphatic rings. The minimum atomic E-state index is -0.310. The maximum Gasteiger partial charge on any atom is 0.292 e. The van der Waals surface area contributed by atoms with Gasteiger partial charge in [-0.15, -0.1) is 17.8 Å². The van der Waals surface area contributed by atoms with E-state index in [4.69, 9.17) is 18.0 Å². The van der Waals surface area contributed by atoms with Crippen LogP contribution in [0.4, 0.5) is 5.69 Å². The van der Waals surface area contributed by atoms with Crippen molar-refractivity contribution in [3.05, 3.63) is 43.5 Å². The average molecular weight is 308 g/mol. The first-order valence-electron chi connectivity index (χ1n) is 6.05. The van der Waals surface area contributed by atoms with E-state index in [9.17, 15) is 4.79 Å². The first-order valence-corrected chi connectivity index (χ1v) is 7.24. The molecule has 20 heavy (non-hydrogen) atoms. The quantitative estimate of drug-likeness (QED) is 0.883. The number of hydrogen-bond acceptors (Lipinski definition) is 4. The normalized spacial score (nSPS) is 11.9. The number of aryl methyl sites for hydroxylation is 1. The van der Waals surface area contributed by atoms with Gasteiger partial charge in [0.05, 0.1) is 17.3 Å². The summed E-state index contributed by atoms with van der Waals surface area (Å²) < 4.78 is 1.21. The van der Waals surface area contributed by atoms with E-state index in [1.807, 2.05) is 26.0 Å². The minimum absolute atomic E-state index is 0.0133. The Kier molecular flexibility index (Phi) is 4.48. The Bertz CT molecular complexity index is 714. The van der Waals surface area contributed by atoms with Crippen LogP contribution in [-0.4, -0.2) is 9.78 Å². The summed E-state index contributed by atoms with van der Waals surface area (Å²) in [4.78, 5) is 14.6. The standard InChI is InChI=1S/C14H14ClN3OS/c1-4-7-18-14(19)13(11(15)8-16-18)17-10(3)12-6-5-9(2)20-12/h1,5-6,8,10,17H,7H2,2-3H3. The third-order valence-corrected chi connectivity index (χ3v) is 4.26. The first kappa shape index (κ1) is 14.6. The van der Waals surface area contributed by atoms with Crippen molar-refractivity contribution in [1.82, 2.24) is 9.78 Å². The van der Waals surface area contributed by atoms with Gasteiger partial charge in [-0.2, -0.15) is 5.10 Å². The number of hydrogen-bond donors (Lipinski definition) is 1. The fraction of sp³-hybridized carbons (Fsp3) is 0.286. The lowest BCUT2D eigenvalue weighted by molar-refractivity contribution is 0.662. The summed E-state index contributed by atoms with van der Waals surface area (Å²) in [6.45, 7) is 4.14. The molecule has 0 saturated heterocycles. The van der Waals surface area contributed by atoms with E-state index in [1.54, 1.807) is 11.3 Å². The van der Waals surface area contributed by atoms with Crippen LogP contribution in [0.15, 0.2) is 23.1 Å². The highest BCUT2D eigenvalue weighted by Crippen LogP contribution is 2.26. The molecule has 4 nitrogen and oxygen atoms in total. The monoisotopic (exact) mass is 307 g/mol. The van der Waals surface area contributed by atoms with Gasteiger partial charge in [0.15, 0.2) is 0 Å². The molecule has 2 aromatic heterocycles. The number of nitrogens with zero attached hydrogens (tertiary/aromatic N) is 2. The molecule has 0 aliphatic carbocycles. The number of aromatic nitrogens is 2. The fourth-order valence-corrected chi connectivity index (χ4v) is 2.83. The van der Waals surface area contributed by atoms with Gasteiger partial charge in [0.1, 0.15) is 12.2 Å². The van der Waals surface area contributed by atoms with Gasteiger partial charge in [0.2, 0.25) is 0 Å². The highest BCUT2D eigenvalue weighted by Gasteiger charge is 2.14. The molecule has 0 aliphatic heterocycles. The lowest BCUT2D eigenvalue weighted by Crippen LogP contribution is -2.26. The highest BCUT2D eigenvalue weighted by atomic mass is 35.5. The number of thiophene rings is 1. The predicted octanol–water partition coefficient (Wildman–Crippen LogP) is 3.07. The SMILES string of the molecule is C#CCn1ncc(Cl)c(NC(C)c2ccc(C)s2)c1=O. The molecule has 0 saturated carbocycles. The summed E-state index contributed by atoms with van der Waals surface area (Å²) in [7, 11) is 0. The van der Waals surface area contributed by atoms with Gasteiger partial charge in [-0.3, -0.25) is 4.79 Å². The zero-order valence-corrected chi connectivity index (χ0v) is 12.8. The Morgan fingerprint density at radius 3 is 2.95 bits per heavy atom. The van der Waals surface area contributed by atoms with Crippen LogP contribution in [0.25, 0.3) is 0 Å². The van der Waals surface area contributed by atoms with E-state index in [0.29, 0.717) is 10.7 Å². The Morgan fingerprint density at radius 1 is 1.60 bits per heavy atom. The molecule has 2 aromatic rings. The van der Waals surface area contributed by atoms with Crippen molar-refractivity contribution in [2.45, 2.75) is 26.4 Å². The molecule has 0 spiro atoms. The smallest absolute Gasteiger partial charge is 0.292 e. The molecule has 0 radical (unpaired) electrons. The minimum Gasteiger partial charge on any atom is -0.372 e. The van der Waals surface area contributed by atoms with Gasteiger partial charge in [-0.1, -0.05) is 17.5 Å². The van der Waals surface area contributed by atoms with Crippen molar-refractivity contribution in [2.75, 3.05) is 5.32 Å². The molecule has 104 valence electrons. The zero-order valence-electron chi connectivity index (χ0n) is 11.2. The van der Waals surface area contributed by atoms with Crippen molar-refractivity contribution in [3.63, 3.8) is 0 Å². The number of terminal acetylenes is 1. The van der Waals surface area contributed by atoms with Gasteiger partial charge in [-0.25, -0.2) is 4.68 Å². The van der Waals surface area contributed by atoms with Crippen molar-refractivity contribution in [2.24, 2.45) is 0 Å². The maximum atomic E-state index is 12.2. The van der Waals surface area contributed by atoms with Crippen LogP contribution in [0.2, 0.25) is 5.02 Å². The van der Waals surface area contributed by atoms with Crippen LogP contribution in [0.3, 0.4) is 0 Å². The van der Waals surface area contributed by atoms with Crippen LogP contribution < -0.4 is 10.9 Å². The second kappa shape index (κ2) is 6.12. The van der Waals surface area contributed by atoms with Crippen LogP contribution in [0, 0.1) is 19.3 Å². The Balaban J connectivity index is 2.31. The summed E-state index contributed by atoms with van der Waals surface area (Å²) >= 11 is 7.73. The lowest BCUT2D eigenvalue weighted by atomic mass is 10.2. The van der Waals surface area contributed by atoms with E-state index in [1.165, 1.54) is 15.8 Å².